The van der Waals surface area contributed by atoms with Gasteiger partial charge in [0, 0.05) is 37.5 Å². The van der Waals surface area contributed by atoms with Crippen LogP contribution in [0, 0.1) is 5.92 Å². The molecule has 7 rings (SSSR count). The number of aromatic nitrogens is 4. The number of piperidine rings is 1. The molecule has 5 aromatic rings. The smallest absolute Gasteiger partial charge is 0.409 e. The lowest BCUT2D eigenvalue weighted by molar-refractivity contribution is -0.138. The van der Waals surface area contributed by atoms with Gasteiger partial charge >= 0.3 is 17.8 Å². The second-order valence-corrected chi connectivity index (χ2v) is 12.5. The van der Waals surface area contributed by atoms with Crippen molar-refractivity contribution in [2.75, 3.05) is 31.1 Å². The van der Waals surface area contributed by atoms with Gasteiger partial charge in [-0.2, -0.15) is 0 Å². The Labute approximate surface area is 265 Å². The lowest BCUT2D eigenvalue weighted by Crippen LogP contribution is -2.45. The molecular weight excluding hydrogens is 588 g/mol. The van der Waals surface area contributed by atoms with E-state index in [9.17, 15) is 19.5 Å². The third kappa shape index (κ3) is 5.56. The SMILES string of the molecule is C[C@@H]1CN(C(=O)OCCCCCc2nc(N3CCC[C@H]3C(=O)O)c3oc4ccccc4c3n2)CC[C@H]1n1c(=O)[nH]c2ccccc21. The Bertz CT molecular complexity index is 1960. The first-order valence-electron chi connectivity index (χ1n) is 16.2. The Morgan fingerprint density at radius 3 is 2.72 bits per heavy atom. The zero-order chi connectivity index (χ0) is 31.8. The van der Waals surface area contributed by atoms with Gasteiger partial charge in [-0.15, -0.1) is 0 Å². The fraction of sp³-hybridized carbons (Fsp3) is 0.441. The van der Waals surface area contributed by atoms with Crippen LogP contribution < -0.4 is 10.6 Å². The Kier molecular flexibility index (Phi) is 8.10. The van der Waals surface area contributed by atoms with Crippen LogP contribution in [0.2, 0.25) is 0 Å². The van der Waals surface area contributed by atoms with Crippen molar-refractivity contribution >= 4 is 51.0 Å². The van der Waals surface area contributed by atoms with Gasteiger partial charge < -0.3 is 29.0 Å². The van der Waals surface area contributed by atoms with Crippen LogP contribution in [0.3, 0.4) is 0 Å². The Morgan fingerprint density at radius 1 is 1.04 bits per heavy atom. The van der Waals surface area contributed by atoms with Crippen LogP contribution in [0.4, 0.5) is 10.6 Å². The van der Waals surface area contributed by atoms with Gasteiger partial charge in [0.15, 0.2) is 11.4 Å². The van der Waals surface area contributed by atoms with E-state index in [0.29, 0.717) is 80.2 Å². The highest BCUT2D eigenvalue weighted by atomic mass is 16.6. The number of rotatable bonds is 9. The van der Waals surface area contributed by atoms with Gasteiger partial charge in [0.2, 0.25) is 0 Å². The molecule has 2 N–H and O–H groups in total. The number of aromatic amines is 1. The molecular formula is C34H38N6O6. The molecule has 46 heavy (non-hydrogen) atoms. The third-order valence-electron chi connectivity index (χ3n) is 9.40. The quantitative estimate of drug-likeness (QED) is 0.202. The van der Waals surface area contributed by atoms with E-state index in [2.05, 4.69) is 11.9 Å². The third-order valence-corrected chi connectivity index (χ3v) is 9.40. The van der Waals surface area contributed by atoms with Gasteiger partial charge in [0.1, 0.15) is 23.0 Å². The number of carboxylic acids is 1. The van der Waals surface area contributed by atoms with Crippen LogP contribution >= 0.6 is 0 Å². The summed E-state index contributed by atoms with van der Waals surface area (Å²) in [6.07, 6.45) is 4.64. The van der Waals surface area contributed by atoms with Gasteiger partial charge in [-0.1, -0.05) is 31.2 Å². The first kappa shape index (κ1) is 29.8. The number of carbonyl (C=O) groups excluding carboxylic acids is 1. The zero-order valence-corrected chi connectivity index (χ0v) is 25.9. The number of aliphatic carboxylic acids is 1. The first-order chi connectivity index (χ1) is 22.4. The summed E-state index contributed by atoms with van der Waals surface area (Å²) in [5.41, 5.74) is 3.52. The topological polar surface area (TPSA) is 147 Å². The number of amides is 1. The highest BCUT2D eigenvalue weighted by molar-refractivity contribution is 6.06. The number of ether oxygens (including phenoxy) is 1. The summed E-state index contributed by atoms with van der Waals surface area (Å²) in [6.45, 7) is 4.05. The molecule has 2 fully saturated rings. The molecule has 240 valence electrons. The fourth-order valence-corrected chi connectivity index (χ4v) is 7.10. The first-order valence-corrected chi connectivity index (χ1v) is 16.2. The number of carboxylic acid groups (broad SMARTS) is 1. The summed E-state index contributed by atoms with van der Waals surface area (Å²) in [5.74, 6) is 0.426. The minimum absolute atomic E-state index is 0.00942. The number of nitrogens with zero attached hydrogens (tertiary/aromatic N) is 5. The van der Waals surface area contributed by atoms with Crippen molar-refractivity contribution in [3.05, 3.63) is 64.8 Å². The second-order valence-electron chi connectivity index (χ2n) is 12.5. The number of imidazole rings is 1. The van der Waals surface area contributed by atoms with Gasteiger partial charge in [0.25, 0.3) is 0 Å². The van der Waals surface area contributed by atoms with Crippen LogP contribution in [-0.2, 0) is 16.0 Å². The molecule has 0 radical (unpaired) electrons. The second kappa shape index (κ2) is 12.5. The summed E-state index contributed by atoms with van der Waals surface area (Å²) in [5, 5.41) is 10.7. The van der Waals surface area contributed by atoms with Crippen LogP contribution in [0.1, 0.15) is 57.3 Å². The van der Waals surface area contributed by atoms with Crippen molar-refractivity contribution in [2.45, 2.75) is 64.0 Å². The minimum Gasteiger partial charge on any atom is -0.480 e. The predicted molar refractivity (Wildman–Crippen MR) is 173 cm³/mol. The number of hydrogen-bond donors (Lipinski definition) is 2. The number of unbranched alkanes of at least 4 members (excludes halogenated alkanes) is 2. The molecule has 0 aliphatic carbocycles. The van der Waals surface area contributed by atoms with E-state index in [0.717, 1.165) is 35.7 Å². The number of furan rings is 1. The number of likely N-dealkylation sites (tertiary alicyclic amines) is 1. The van der Waals surface area contributed by atoms with E-state index in [4.69, 9.17) is 19.1 Å². The number of nitrogens with one attached hydrogen (secondary N) is 1. The predicted octanol–water partition coefficient (Wildman–Crippen LogP) is 5.50. The van der Waals surface area contributed by atoms with E-state index >= 15 is 0 Å². The Balaban J connectivity index is 0.935. The maximum absolute atomic E-state index is 12.9. The van der Waals surface area contributed by atoms with E-state index in [1.165, 1.54) is 0 Å². The summed E-state index contributed by atoms with van der Waals surface area (Å²) in [4.78, 5) is 53.7. The summed E-state index contributed by atoms with van der Waals surface area (Å²) in [7, 11) is 0. The van der Waals surface area contributed by atoms with Gasteiger partial charge in [-0.3, -0.25) is 4.57 Å². The minimum atomic E-state index is -0.861. The molecule has 0 bridgehead atoms. The molecule has 0 spiro atoms. The lowest BCUT2D eigenvalue weighted by Gasteiger charge is -2.36. The molecule has 0 saturated carbocycles. The molecule has 2 saturated heterocycles. The molecule has 2 aliphatic heterocycles. The lowest BCUT2D eigenvalue weighted by atomic mass is 9.93. The number of hydrogen-bond acceptors (Lipinski definition) is 8. The van der Waals surface area contributed by atoms with Crippen LogP contribution in [-0.4, -0.2) is 73.9 Å². The molecule has 2 aromatic carbocycles. The van der Waals surface area contributed by atoms with Crippen LogP contribution in [0.5, 0.6) is 0 Å². The fourth-order valence-electron chi connectivity index (χ4n) is 7.10. The number of aryl methyl sites for hydroxylation is 1. The molecule has 5 heterocycles. The Morgan fingerprint density at radius 2 is 1.87 bits per heavy atom. The molecule has 3 aromatic heterocycles. The molecule has 3 atom stereocenters. The number of anilines is 1. The van der Waals surface area contributed by atoms with Gasteiger partial charge in [0.05, 0.1) is 17.6 Å². The highest BCUT2D eigenvalue weighted by Crippen LogP contribution is 2.36. The van der Waals surface area contributed by atoms with E-state index in [1.54, 1.807) is 4.90 Å². The average molecular weight is 627 g/mol. The van der Waals surface area contributed by atoms with Crippen molar-refractivity contribution in [1.82, 2.24) is 24.4 Å². The van der Waals surface area contributed by atoms with Crippen molar-refractivity contribution in [2.24, 2.45) is 5.92 Å². The van der Waals surface area contributed by atoms with Crippen molar-refractivity contribution in [3.63, 3.8) is 0 Å². The number of benzene rings is 2. The molecule has 12 nitrogen and oxygen atoms in total. The number of H-pyrrole nitrogens is 1. The maximum atomic E-state index is 12.9. The standard InChI is InChI=1S/C34H38N6O6/c1-21-20-38(18-16-24(21)40-25-12-6-5-11-23(25)35-33(40)43)34(44)45-19-8-2-3-15-28-36-29-22-10-4-7-14-27(22)46-30(29)31(37-28)39-17-9-13-26(39)32(41)42/h4-7,10-12,14,21,24,26H,2-3,8-9,13,15-20H2,1H3,(H,35,43)(H,41,42)/t21-,24-,26+/m1/s1. The molecule has 0 unspecified atom stereocenters. The number of para-hydroxylation sites is 3. The van der Waals surface area contributed by atoms with Crippen molar-refractivity contribution in [3.8, 4) is 0 Å². The van der Waals surface area contributed by atoms with Gasteiger partial charge in [-0.05, 0) is 68.7 Å². The van der Waals surface area contributed by atoms with Crippen LogP contribution in [0.25, 0.3) is 33.1 Å². The molecule has 2 aliphatic rings. The van der Waals surface area contributed by atoms with Crippen LogP contribution in [0.15, 0.2) is 57.7 Å². The average Bonchev–Trinajstić information content (AvgIpc) is 3.77. The summed E-state index contributed by atoms with van der Waals surface area (Å²) < 4.78 is 13.6. The monoisotopic (exact) mass is 626 g/mol. The number of fused-ring (bicyclic) bond motifs is 4. The Hall–Kier alpha value is -4.87. The summed E-state index contributed by atoms with van der Waals surface area (Å²) >= 11 is 0. The van der Waals surface area contributed by atoms with Crippen molar-refractivity contribution in [1.29, 1.82) is 0 Å². The molecule has 12 heteroatoms. The zero-order valence-electron chi connectivity index (χ0n) is 25.9. The van der Waals surface area contributed by atoms with E-state index in [1.807, 2.05) is 58.0 Å². The highest BCUT2D eigenvalue weighted by Gasteiger charge is 2.35. The summed E-state index contributed by atoms with van der Waals surface area (Å²) in [6, 6.07) is 14.7. The van der Waals surface area contributed by atoms with E-state index in [-0.39, 0.29) is 23.7 Å². The van der Waals surface area contributed by atoms with Gasteiger partial charge in [-0.25, -0.2) is 24.4 Å². The normalized spacial score (nSPS) is 20.2. The van der Waals surface area contributed by atoms with E-state index < -0.39 is 12.0 Å². The maximum Gasteiger partial charge on any atom is 0.409 e. The van der Waals surface area contributed by atoms with Crippen molar-refractivity contribution < 1.29 is 23.8 Å². The molecule has 1 amide bonds. The number of carbonyl (C=O) groups is 2. The largest absolute Gasteiger partial charge is 0.480 e.